The number of allylic oxidation sites excluding steroid dienone is 1. The number of oxime groups is 1. The van der Waals surface area contributed by atoms with Crippen molar-refractivity contribution < 1.29 is 38.8 Å². The number of ether oxygens (including phenoxy) is 4. The fourth-order valence-electron chi connectivity index (χ4n) is 10.4. The largest absolute Gasteiger partial charge is 0.459 e. The Bertz CT molecular complexity index is 2510. The van der Waals surface area contributed by atoms with Gasteiger partial charge in [-0.05, 0) is 122 Å². The van der Waals surface area contributed by atoms with Crippen LogP contribution < -0.4 is 9.47 Å². The van der Waals surface area contributed by atoms with Crippen LogP contribution in [-0.4, -0.2) is 71.3 Å². The molecule has 3 aliphatic rings. The molecule has 8 rings (SSSR count). The lowest BCUT2D eigenvalue weighted by molar-refractivity contribution is -0.256. The van der Waals surface area contributed by atoms with Gasteiger partial charge < -0.3 is 34.0 Å². The molecule has 0 radical (unpaired) electrons. The van der Waals surface area contributed by atoms with Gasteiger partial charge in [0.25, 0.3) is 0 Å². The first-order valence-electron chi connectivity index (χ1n) is 23.5. The summed E-state index contributed by atoms with van der Waals surface area (Å²) in [4.78, 5) is 22.6. The minimum absolute atomic E-state index is 0.0481. The summed E-state index contributed by atoms with van der Waals surface area (Å²) in [5.41, 5.74) is 5.21. The maximum Gasteiger partial charge on any atom is 0.410 e. The van der Waals surface area contributed by atoms with E-state index in [1.54, 1.807) is 11.0 Å². The molecule has 1 aliphatic heterocycles. The minimum Gasteiger partial charge on any atom is -0.459 e. The molecular formula is C56H64N2O8. The van der Waals surface area contributed by atoms with E-state index < -0.39 is 29.4 Å². The number of carbonyl (C=O) groups excluding carboxylic acids is 1. The average molecular weight is 893 g/mol. The average Bonchev–Trinajstić information content (AvgIpc) is 3.33. The zero-order valence-electron chi connectivity index (χ0n) is 38.7. The summed E-state index contributed by atoms with van der Waals surface area (Å²) in [6.07, 6.45) is 8.42. The van der Waals surface area contributed by atoms with Crippen LogP contribution in [0.15, 0.2) is 145 Å². The fourth-order valence-corrected chi connectivity index (χ4v) is 10.4. The van der Waals surface area contributed by atoms with E-state index in [-0.39, 0.29) is 50.5 Å². The molecule has 66 heavy (non-hydrogen) atoms. The van der Waals surface area contributed by atoms with Crippen LogP contribution in [0, 0.1) is 17.8 Å². The number of aliphatic hydroxyl groups excluding tert-OH is 2. The Hall–Kier alpha value is -5.94. The van der Waals surface area contributed by atoms with Crippen LogP contribution >= 0.6 is 0 Å². The zero-order valence-corrected chi connectivity index (χ0v) is 38.7. The number of nitrogens with zero attached hydrogens (tertiary/aromatic N) is 2. The molecule has 5 aromatic carbocycles. The molecule has 5 aromatic rings. The summed E-state index contributed by atoms with van der Waals surface area (Å²) in [5, 5.41) is 27.1. The highest BCUT2D eigenvalue weighted by atomic mass is 16.7. The molecule has 1 heterocycles. The Labute approximate surface area is 389 Å². The SMILES string of the molecule is C=CCOC12Oc3ccc(Oc4ccc(-c5ccccc5)cc4)cc3C3C(CCCCO)C(CCCCO)C=C(C(=NOC(C)(C)C)CC1N(Cc1cccc4ccccc14)C(=O)OC)C32. The van der Waals surface area contributed by atoms with Gasteiger partial charge in [0, 0.05) is 31.1 Å². The fraction of sp³-hybridized carbons (Fsp3) is 0.393. The molecule has 0 saturated heterocycles. The van der Waals surface area contributed by atoms with Crippen molar-refractivity contribution in [3.63, 3.8) is 0 Å². The third-order valence-corrected chi connectivity index (χ3v) is 13.3. The lowest BCUT2D eigenvalue weighted by Crippen LogP contribution is -2.70. The molecular weight excluding hydrogens is 829 g/mol. The van der Waals surface area contributed by atoms with Crippen LogP contribution in [0.3, 0.4) is 0 Å². The molecule has 10 nitrogen and oxygen atoms in total. The monoisotopic (exact) mass is 892 g/mol. The summed E-state index contributed by atoms with van der Waals surface area (Å²) < 4.78 is 27.0. The van der Waals surface area contributed by atoms with Crippen molar-refractivity contribution in [2.45, 2.75) is 95.6 Å². The maximum atomic E-state index is 14.5. The second-order valence-electron chi connectivity index (χ2n) is 18.7. The Morgan fingerprint density at radius 3 is 2.29 bits per heavy atom. The number of unbranched alkanes of at least 4 members (excludes halogenated alkanes) is 2. The third kappa shape index (κ3) is 9.92. The van der Waals surface area contributed by atoms with E-state index >= 15 is 0 Å². The van der Waals surface area contributed by atoms with Gasteiger partial charge >= 0.3 is 6.09 Å². The van der Waals surface area contributed by atoms with Crippen LogP contribution in [0.4, 0.5) is 4.79 Å². The summed E-state index contributed by atoms with van der Waals surface area (Å²) in [5.74, 6) is -0.0243. The Morgan fingerprint density at radius 2 is 1.56 bits per heavy atom. The highest BCUT2D eigenvalue weighted by Crippen LogP contribution is 2.62. The van der Waals surface area contributed by atoms with Crippen LogP contribution in [0.5, 0.6) is 17.2 Å². The van der Waals surface area contributed by atoms with Crippen molar-refractivity contribution in [1.82, 2.24) is 4.90 Å². The minimum atomic E-state index is -1.45. The van der Waals surface area contributed by atoms with Crippen molar-refractivity contribution in [2.24, 2.45) is 22.9 Å². The number of aliphatic hydroxyl groups is 2. The smallest absolute Gasteiger partial charge is 0.410 e. The van der Waals surface area contributed by atoms with Crippen LogP contribution in [0.1, 0.15) is 82.8 Å². The van der Waals surface area contributed by atoms with Crippen LogP contribution in [-0.2, 0) is 20.9 Å². The maximum absolute atomic E-state index is 14.5. The topological polar surface area (TPSA) is 119 Å². The first-order chi connectivity index (χ1) is 32.1. The molecule has 1 fully saturated rings. The van der Waals surface area contributed by atoms with E-state index in [1.807, 2.05) is 87.5 Å². The van der Waals surface area contributed by atoms with Crippen molar-refractivity contribution >= 4 is 22.6 Å². The number of benzene rings is 5. The number of carbonyl (C=O) groups is 1. The summed E-state index contributed by atoms with van der Waals surface area (Å²) in [6, 6.07) is 37.9. The van der Waals surface area contributed by atoms with Gasteiger partial charge in [0.05, 0.1) is 31.9 Å². The Morgan fingerprint density at radius 1 is 0.864 bits per heavy atom. The van der Waals surface area contributed by atoms with Crippen molar-refractivity contribution in [3.05, 3.63) is 151 Å². The molecule has 0 spiro atoms. The van der Waals surface area contributed by atoms with E-state index in [4.69, 9.17) is 28.9 Å². The van der Waals surface area contributed by atoms with Crippen LogP contribution in [0.25, 0.3) is 21.9 Å². The Balaban J connectivity index is 1.32. The number of methoxy groups -OCH3 is 1. The third-order valence-electron chi connectivity index (χ3n) is 13.3. The van der Waals surface area contributed by atoms with Gasteiger partial charge in [0.1, 0.15) is 28.9 Å². The molecule has 0 bridgehead atoms. The lowest BCUT2D eigenvalue weighted by atomic mass is 9.55. The second-order valence-corrected chi connectivity index (χ2v) is 18.7. The standard InChI is InChI=1S/C56H64N2O8/c1-6-33-63-56-51(58(54(61)62-5)37-42-22-16-21-40-19-10-11-23-45(40)42)36-49(57-66-55(2,3)4)47-34-41(20-12-14-31-59)46(24-13-15-32-60)52(53(47)56)48-35-44(29-30-50(48)65-56)64-43-27-25-39(26-28-43)38-17-8-7-9-18-38/h6-11,16-19,21-23,25-30,34-35,41,46,51-53,59-60H,1,12-15,20,24,31-33,36-37H2,2-5H3. The summed E-state index contributed by atoms with van der Waals surface area (Å²) >= 11 is 0. The number of hydrogen-bond donors (Lipinski definition) is 2. The first-order valence-corrected chi connectivity index (χ1v) is 23.5. The summed E-state index contributed by atoms with van der Waals surface area (Å²) in [7, 11) is 1.41. The van der Waals surface area contributed by atoms with E-state index in [2.05, 4.69) is 61.2 Å². The molecule has 346 valence electrons. The number of hydrogen-bond acceptors (Lipinski definition) is 9. The van der Waals surface area contributed by atoms with Crippen LogP contribution in [0.2, 0.25) is 0 Å². The molecule has 6 unspecified atom stereocenters. The predicted octanol–water partition coefficient (Wildman–Crippen LogP) is 12.0. The van der Waals surface area contributed by atoms with Crippen molar-refractivity contribution in [2.75, 3.05) is 26.9 Å². The Kier molecular flexibility index (Phi) is 14.6. The van der Waals surface area contributed by atoms with Gasteiger partial charge in [-0.25, -0.2) is 4.79 Å². The lowest BCUT2D eigenvalue weighted by Gasteiger charge is -2.60. The molecule has 1 saturated carbocycles. The zero-order chi connectivity index (χ0) is 46.3. The normalized spacial score (nSPS) is 22.7. The highest BCUT2D eigenvalue weighted by Gasteiger charge is 2.65. The molecule has 0 aromatic heterocycles. The van der Waals surface area contributed by atoms with Gasteiger partial charge in [-0.1, -0.05) is 115 Å². The molecule has 1 amide bonds. The quantitative estimate of drug-likeness (QED) is 0.0507. The molecule has 2 aliphatic carbocycles. The predicted molar refractivity (Wildman–Crippen MR) is 260 cm³/mol. The van der Waals surface area contributed by atoms with E-state index in [0.29, 0.717) is 35.8 Å². The van der Waals surface area contributed by atoms with Gasteiger partial charge in [-0.2, -0.15) is 0 Å². The second kappa shape index (κ2) is 20.7. The molecule has 2 N–H and O–H groups in total. The van der Waals surface area contributed by atoms with Gasteiger partial charge in [0.2, 0.25) is 5.79 Å². The number of amides is 1. The van der Waals surface area contributed by atoms with Crippen molar-refractivity contribution in [3.8, 4) is 28.4 Å². The van der Waals surface area contributed by atoms with Gasteiger partial charge in [0.15, 0.2) is 0 Å². The summed E-state index contributed by atoms with van der Waals surface area (Å²) in [6.45, 7) is 10.5. The van der Waals surface area contributed by atoms with Crippen molar-refractivity contribution in [1.29, 1.82) is 0 Å². The molecule has 6 atom stereocenters. The number of rotatable bonds is 18. The highest BCUT2D eigenvalue weighted by molar-refractivity contribution is 6.03. The molecule has 10 heteroatoms. The van der Waals surface area contributed by atoms with E-state index in [9.17, 15) is 15.0 Å². The van der Waals surface area contributed by atoms with Gasteiger partial charge in [-0.3, -0.25) is 4.90 Å². The van der Waals surface area contributed by atoms with Gasteiger partial charge in [-0.15, -0.1) is 6.58 Å². The van der Waals surface area contributed by atoms with E-state index in [0.717, 1.165) is 64.3 Å². The first kappa shape index (κ1) is 46.6. The van der Waals surface area contributed by atoms with E-state index in [1.165, 1.54) is 7.11 Å². The number of fused-ring (bicyclic) bond motifs is 3.